The Kier molecular flexibility index (Phi) is 3.61. The molecule has 7 heteroatoms. The van der Waals surface area contributed by atoms with Crippen LogP contribution in [0.4, 0.5) is 0 Å². The fourth-order valence-corrected chi connectivity index (χ4v) is 4.64. The van der Waals surface area contributed by atoms with Gasteiger partial charge in [-0.1, -0.05) is 6.07 Å². The molecule has 6 rings (SSSR count). The molecular formula is C21H20O7. The minimum absolute atomic E-state index is 0.0135. The van der Waals surface area contributed by atoms with Gasteiger partial charge in [-0.15, -0.1) is 0 Å². The number of hydrogen-bond acceptors (Lipinski definition) is 7. The quantitative estimate of drug-likeness (QED) is 0.805. The Hall–Kier alpha value is -2.64. The highest BCUT2D eigenvalue weighted by Crippen LogP contribution is 2.53. The summed E-state index contributed by atoms with van der Waals surface area (Å²) >= 11 is 0. The maximum atomic E-state index is 6.22. The van der Waals surface area contributed by atoms with Gasteiger partial charge in [0.15, 0.2) is 23.0 Å². The van der Waals surface area contributed by atoms with Gasteiger partial charge in [-0.05, 0) is 35.4 Å². The van der Waals surface area contributed by atoms with Crippen LogP contribution in [0.5, 0.6) is 28.7 Å². The SMILES string of the molecule is COc1cc([C@@H]2OC[C@@H]3[C@H]2CO[C@H]3c2ccc3c(c2)OCO3)cc2c1OCO2. The average molecular weight is 384 g/mol. The summed E-state index contributed by atoms with van der Waals surface area (Å²) in [6, 6.07) is 9.99. The van der Waals surface area contributed by atoms with E-state index >= 15 is 0 Å². The molecule has 2 aromatic carbocycles. The molecule has 0 spiro atoms. The summed E-state index contributed by atoms with van der Waals surface area (Å²) in [6.07, 6.45) is -0.0761. The second kappa shape index (κ2) is 6.18. The molecule has 0 amide bonds. The van der Waals surface area contributed by atoms with Gasteiger partial charge in [0.25, 0.3) is 0 Å². The van der Waals surface area contributed by atoms with Crippen LogP contribution in [0.3, 0.4) is 0 Å². The largest absolute Gasteiger partial charge is 0.493 e. The number of benzene rings is 2. The molecule has 0 radical (unpaired) electrons. The summed E-state index contributed by atoms with van der Waals surface area (Å²) < 4.78 is 39.9. The van der Waals surface area contributed by atoms with E-state index in [1.54, 1.807) is 7.11 Å². The Morgan fingerprint density at radius 1 is 0.750 bits per heavy atom. The zero-order valence-corrected chi connectivity index (χ0v) is 15.4. The molecule has 2 saturated heterocycles. The van der Waals surface area contributed by atoms with E-state index in [-0.39, 0.29) is 37.6 Å². The van der Waals surface area contributed by atoms with Gasteiger partial charge in [-0.3, -0.25) is 0 Å². The van der Waals surface area contributed by atoms with Crippen molar-refractivity contribution in [3.8, 4) is 28.7 Å². The molecule has 146 valence electrons. The third-order valence-corrected chi connectivity index (χ3v) is 6.00. The highest BCUT2D eigenvalue weighted by atomic mass is 16.7. The van der Waals surface area contributed by atoms with E-state index < -0.39 is 0 Å². The van der Waals surface area contributed by atoms with Crippen LogP contribution in [-0.2, 0) is 9.47 Å². The van der Waals surface area contributed by atoms with Gasteiger partial charge in [0.1, 0.15) is 0 Å². The van der Waals surface area contributed by atoms with Crippen molar-refractivity contribution in [2.75, 3.05) is 33.9 Å². The number of fused-ring (bicyclic) bond motifs is 3. The fourth-order valence-electron chi connectivity index (χ4n) is 4.64. The molecule has 0 aliphatic carbocycles. The van der Waals surface area contributed by atoms with Gasteiger partial charge in [-0.25, -0.2) is 0 Å². The van der Waals surface area contributed by atoms with Crippen LogP contribution in [-0.4, -0.2) is 33.9 Å². The van der Waals surface area contributed by atoms with Crippen molar-refractivity contribution < 1.29 is 33.2 Å². The monoisotopic (exact) mass is 384 g/mol. The van der Waals surface area contributed by atoms with Crippen LogP contribution in [0, 0.1) is 11.8 Å². The molecule has 4 heterocycles. The maximum Gasteiger partial charge on any atom is 0.231 e. The Bertz CT molecular complexity index is 927. The number of hydrogen-bond donors (Lipinski definition) is 0. The van der Waals surface area contributed by atoms with E-state index in [1.165, 1.54) is 0 Å². The zero-order chi connectivity index (χ0) is 18.7. The first-order valence-corrected chi connectivity index (χ1v) is 9.42. The topological polar surface area (TPSA) is 64.6 Å². The molecule has 4 aliphatic rings. The van der Waals surface area contributed by atoms with E-state index in [4.69, 9.17) is 33.2 Å². The van der Waals surface area contributed by atoms with Crippen molar-refractivity contribution in [3.05, 3.63) is 41.5 Å². The van der Waals surface area contributed by atoms with Crippen LogP contribution < -0.4 is 23.7 Å². The minimum atomic E-state index is -0.0626. The Balaban J connectivity index is 1.28. The van der Waals surface area contributed by atoms with E-state index in [1.807, 2.05) is 24.3 Å². The van der Waals surface area contributed by atoms with Crippen LogP contribution in [0.2, 0.25) is 0 Å². The molecule has 28 heavy (non-hydrogen) atoms. The summed E-state index contributed by atoms with van der Waals surface area (Å²) in [6.45, 7) is 1.77. The first-order valence-electron chi connectivity index (χ1n) is 9.42. The summed E-state index contributed by atoms with van der Waals surface area (Å²) in [5.74, 6) is 4.13. The normalized spacial score (nSPS) is 29.2. The number of rotatable bonds is 3. The van der Waals surface area contributed by atoms with Gasteiger partial charge in [0.05, 0.1) is 32.5 Å². The van der Waals surface area contributed by atoms with Crippen molar-refractivity contribution in [1.29, 1.82) is 0 Å². The first-order chi connectivity index (χ1) is 13.8. The van der Waals surface area contributed by atoms with E-state index in [9.17, 15) is 0 Å². The van der Waals surface area contributed by atoms with Gasteiger partial charge in [-0.2, -0.15) is 0 Å². The Morgan fingerprint density at radius 2 is 1.43 bits per heavy atom. The Labute approximate surface area is 162 Å². The fraction of sp³-hybridized carbons (Fsp3) is 0.429. The molecule has 0 N–H and O–H groups in total. The molecule has 0 saturated carbocycles. The van der Waals surface area contributed by atoms with Crippen LogP contribution >= 0.6 is 0 Å². The zero-order valence-electron chi connectivity index (χ0n) is 15.4. The molecule has 4 atom stereocenters. The average Bonchev–Trinajstić information content (AvgIpc) is 3.49. The summed E-state index contributed by atoms with van der Waals surface area (Å²) in [5.41, 5.74) is 2.13. The van der Waals surface area contributed by atoms with Crippen molar-refractivity contribution in [2.24, 2.45) is 11.8 Å². The van der Waals surface area contributed by atoms with E-state index in [0.717, 1.165) is 22.6 Å². The summed E-state index contributed by atoms with van der Waals surface area (Å²) in [4.78, 5) is 0. The molecule has 0 unspecified atom stereocenters. The van der Waals surface area contributed by atoms with Crippen LogP contribution in [0.15, 0.2) is 30.3 Å². The van der Waals surface area contributed by atoms with Gasteiger partial charge in [0, 0.05) is 11.8 Å². The second-order valence-corrected chi connectivity index (χ2v) is 7.41. The van der Waals surface area contributed by atoms with Crippen molar-refractivity contribution in [3.63, 3.8) is 0 Å². The number of methoxy groups -OCH3 is 1. The lowest BCUT2D eigenvalue weighted by Gasteiger charge is -2.18. The lowest BCUT2D eigenvalue weighted by atomic mass is 9.85. The predicted molar refractivity (Wildman–Crippen MR) is 96.0 cm³/mol. The van der Waals surface area contributed by atoms with Crippen molar-refractivity contribution in [1.82, 2.24) is 0 Å². The number of ether oxygens (including phenoxy) is 7. The van der Waals surface area contributed by atoms with Crippen LogP contribution in [0.1, 0.15) is 23.3 Å². The Morgan fingerprint density at radius 3 is 2.25 bits per heavy atom. The van der Waals surface area contributed by atoms with E-state index in [2.05, 4.69) is 6.07 Å². The van der Waals surface area contributed by atoms with E-state index in [0.29, 0.717) is 30.5 Å². The molecule has 2 aromatic rings. The van der Waals surface area contributed by atoms with Crippen molar-refractivity contribution >= 4 is 0 Å². The summed E-state index contributed by atoms with van der Waals surface area (Å²) in [7, 11) is 1.63. The molecule has 4 aliphatic heterocycles. The smallest absolute Gasteiger partial charge is 0.231 e. The molecule has 0 bridgehead atoms. The van der Waals surface area contributed by atoms with Gasteiger partial charge < -0.3 is 33.2 Å². The van der Waals surface area contributed by atoms with Crippen LogP contribution in [0.25, 0.3) is 0 Å². The molecular weight excluding hydrogens is 364 g/mol. The third-order valence-electron chi connectivity index (χ3n) is 6.00. The minimum Gasteiger partial charge on any atom is -0.493 e. The highest BCUT2D eigenvalue weighted by molar-refractivity contribution is 5.55. The third kappa shape index (κ3) is 2.36. The van der Waals surface area contributed by atoms with Crippen molar-refractivity contribution in [2.45, 2.75) is 12.2 Å². The lowest BCUT2D eigenvalue weighted by molar-refractivity contribution is 0.0191. The van der Waals surface area contributed by atoms with Gasteiger partial charge >= 0.3 is 0 Å². The first kappa shape index (κ1) is 16.3. The molecule has 2 fully saturated rings. The molecule has 0 aromatic heterocycles. The highest BCUT2D eigenvalue weighted by Gasteiger charge is 2.48. The molecule has 7 nitrogen and oxygen atoms in total. The van der Waals surface area contributed by atoms with Gasteiger partial charge in [0.2, 0.25) is 19.3 Å². The lowest BCUT2D eigenvalue weighted by Crippen LogP contribution is -2.14. The standard InChI is InChI=1S/C21H20O7/c1-22-17-5-12(6-18-21(17)28-10-27-18)20-14-8-23-19(13(14)7-24-20)11-2-3-15-16(4-11)26-9-25-15/h2-6,13-14,19-20H,7-10H2,1H3/t13-,14-,19+,20+/m1/s1. The maximum absolute atomic E-state index is 6.22. The second-order valence-electron chi connectivity index (χ2n) is 7.41. The predicted octanol–water partition coefficient (Wildman–Crippen LogP) is 3.23. The summed E-state index contributed by atoms with van der Waals surface area (Å²) in [5, 5.41) is 0.